The number of hydrogen-bond donors (Lipinski definition) is 1. The van der Waals surface area contributed by atoms with Gasteiger partial charge in [-0.05, 0) is 18.6 Å². The molecule has 0 radical (unpaired) electrons. The summed E-state index contributed by atoms with van der Waals surface area (Å²) in [4.78, 5) is 0. The van der Waals surface area contributed by atoms with Gasteiger partial charge in [-0.1, -0.05) is 0 Å². The van der Waals surface area contributed by atoms with Crippen molar-refractivity contribution in [1.82, 2.24) is 5.32 Å². The molecule has 0 aliphatic carbocycles. The van der Waals surface area contributed by atoms with E-state index >= 15 is 0 Å². The molecule has 3 nitrogen and oxygen atoms in total. The zero-order valence-corrected chi connectivity index (χ0v) is 9.23. The summed E-state index contributed by atoms with van der Waals surface area (Å²) in [5.41, 5.74) is 0. The minimum atomic E-state index is -0.105. The molecule has 1 saturated heterocycles. The Morgan fingerprint density at radius 2 is 2.23 bits per heavy atom. The Hall–Kier alpha value is 0.230. The van der Waals surface area contributed by atoms with Gasteiger partial charge in [0, 0.05) is 32.6 Å². The van der Waals surface area contributed by atoms with Crippen LogP contribution in [0.1, 0.15) is 12.8 Å². The van der Waals surface area contributed by atoms with E-state index < -0.39 is 0 Å². The van der Waals surface area contributed by atoms with E-state index in [1.54, 1.807) is 14.2 Å². The van der Waals surface area contributed by atoms with Crippen molar-refractivity contribution in [3.8, 4) is 0 Å². The topological polar surface area (TPSA) is 30.5 Å². The van der Waals surface area contributed by atoms with E-state index in [9.17, 15) is 0 Å². The lowest BCUT2D eigenvalue weighted by molar-refractivity contribution is -0.0986. The number of nitrogens with one attached hydrogen (secondary N) is 1. The third kappa shape index (κ3) is 4.31. The van der Waals surface area contributed by atoms with Gasteiger partial charge < -0.3 is 14.8 Å². The molecule has 4 heteroatoms. The highest BCUT2D eigenvalue weighted by Crippen LogP contribution is 2.25. The van der Waals surface area contributed by atoms with Gasteiger partial charge in [0.2, 0.25) is 0 Å². The molecule has 1 aliphatic rings. The molecular weight excluding hydrogens is 186 g/mol. The molecule has 1 unspecified atom stereocenters. The summed E-state index contributed by atoms with van der Waals surface area (Å²) in [5, 5.41) is 4.16. The molecule has 1 N–H and O–H groups in total. The van der Waals surface area contributed by atoms with Crippen molar-refractivity contribution in [1.29, 1.82) is 0 Å². The predicted octanol–water partition coefficient (Wildman–Crippen LogP) is 1.09. The molecule has 0 spiro atoms. The molecule has 13 heavy (non-hydrogen) atoms. The van der Waals surface area contributed by atoms with Crippen molar-refractivity contribution < 1.29 is 9.47 Å². The fourth-order valence-electron chi connectivity index (χ4n) is 1.43. The van der Waals surface area contributed by atoms with Crippen molar-refractivity contribution >= 4 is 11.8 Å². The third-order valence-electron chi connectivity index (χ3n) is 2.23. The predicted molar refractivity (Wildman–Crippen MR) is 56.2 cm³/mol. The molecule has 1 fully saturated rings. The third-order valence-corrected chi connectivity index (χ3v) is 3.63. The second-order valence-corrected chi connectivity index (χ2v) is 4.60. The van der Waals surface area contributed by atoms with Crippen LogP contribution in [0.3, 0.4) is 0 Å². The zero-order chi connectivity index (χ0) is 9.52. The highest BCUT2D eigenvalue weighted by atomic mass is 32.2. The van der Waals surface area contributed by atoms with Crippen LogP contribution >= 0.6 is 11.8 Å². The molecule has 0 aromatic heterocycles. The van der Waals surface area contributed by atoms with E-state index in [0.29, 0.717) is 0 Å². The van der Waals surface area contributed by atoms with Crippen LogP contribution in [0.25, 0.3) is 0 Å². The zero-order valence-electron chi connectivity index (χ0n) is 8.41. The van der Waals surface area contributed by atoms with Gasteiger partial charge in [-0.15, -0.1) is 0 Å². The SMILES string of the molecule is COC(CNCC1CCCS1)OC. The first-order valence-electron chi connectivity index (χ1n) is 4.74. The first-order chi connectivity index (χ1) is 6.36. The monoisotopic (exact) mass is 205 g/mol. The van der Waals surface area contributed by atoms with Gasteiger partial charge in [0.15, 0.2) is 6.29 Å². The summed E-state index contributed by atoms with van der Waals surface area (Å²) in [6, 6.07) is 0. The standard InChI is InChI=1S/C9H19NO2S/c1-11-9(12-2)7-10-6-8-4-3-5-13-8/h8-10H,3-7H2,1-2H3. The van der Waals surface area contributed by atoms with E-state index in [1.807, 2.05) is 0 Å². The van der Waals surface area contributed by atoms with Crippen LogP contribution in [-0.2, 0) is 9.47 Å². The van der Waals surface area contributed by atoms with E-state index in [-0.39, 0.29) is 6.29 Å². The molecule has 0 saturated carbocycles. The minimum absolute atomic E-state index is 0.105. The van der Waals surface area contributed by atoms with E-state index in [2.05, 4.69) is 17.1 Å². The largest absolute Gasteiger partial charge is 0.355 e. The minimum Gasteiger partial charge on any atom is -0.355 e. The normalized spacial score (nSPS) is 22.8. The van der Waals surface area contributed by atoms with Crippen molar-refractivity contribution in [2.24, 2.45) is 0 Å². The molecule has 1 rings (SSSR count). The van der Waals surface area contributed by atoms with Crippen molar-refractivity contribution in [3.63, 3.8) is 0 Å². The van der Waals surface area contributed by atoms with E-state index in [0.717, 1.165) is 18.3 Å². The quantitative estimate of drug-likeness (QED) is 0.658. The number of ether oxygens (including phenoxy) is 2. The van der Waals surface area contributed by atoms with Gasteiger partial charge >= 0.3 is 0 Å². The first kappa shape index (κ1) is 11.3. The fraction of sp³-hybridized carbons (Fsp3) is 1.00. The van der Waals surface area contributed by atoms with Crippen molar-refractivity contribution in [2.75, 3.05) is 33.1 Å². The maximum Gasteiger partial charge on any atom is 0.169 e. The van der Waals surface area contributed by atoms with Crippen LogP contribution in [0.4, 0.5) is 0 Å². The second kappa shape index (κ2) is 6.65. The average Bonchev–Trinajstić information content (AvgIpc) is 2.65. The molecule has 1 atom stereocenters. The maximum atomic E-state index is 5.07. The van der Waals surface area contributed by atoms with Crippen LogP contribution in [0.2, 0.25) is 0 Å². The highest BCUT2D eigenvalue weighted by Gasteiger charge is 2.15. The number of hydrogen-bond acceptors (Lipinski definition) is 4. The lowest BCUT2D eigenvalue weighted by Crippen LogP contribution is -2.33. The maximum absolute atomic E-state index is 5.07. The van der Waals surface area contributed by atoms with Crippen molar-refractivity contribution in [3.05, 3.63) is 0 Å². The summed E-state index contributed by atoms with van der Waals surface area (Å²) in [6.45, 7) is 1.86. The van der Waals surface area contributed by atoms with Crippen molar-refractivity contribution in [2.45, 2.75) is 24.4 Å². The van der Waals surface area contributed by atoms with Gasteiger partial charge in [-0.25, -0.2) is 0 Å². The van der Waals surface area contributed by atoms with Crippen LogP contribution < -0.4 is 5.32 Å². The fourth-order valence-corrected chi connectivity index (χ4v) is 2.67. The summed E-state index contributed by atoms with van der Waals surface area (Å²) < 4.78 is 10.1. The second-order valence-electron chi connectivity index (χ2n) is 3.19. The van der Waals surface area contributed by atoms with Crippen LogP contribution in [0.15, 0.2) is 0 Å². The molecule has 0 aromatic rings. The Morgan fingerprint density at radius 1 is 1.46 bits per heavy atom. The number of methoxy groups -OCH3 is 2. The Balaban J connectivity index is 1.98. The molecule has 0 amide bonds. The van der Waals surface area contributed by atoms with Crippen LogP contribution in [-0.4, -0.2) is 44.6 Å². The Labute approximate surface area is 84.6 Å². The summed E-state index contributed by atoms with van der Waals surface area (Å²) >= 11 is 2.07. The van der Waals surface area contributed by atoms with E-state index in [1.165, 1.54) is 18.6 Å². The Morgan fingerprint density at radius 3 is 2.77 bits per heavy atom. The number of thioether (sulfide) groups is 1. The van der Waals surface area contributed by atoms with Gasteiger partial charge in [-0.2, -0.15) is 11.8 Å². The lowest BCUT2D eigenvalue weighted by atomic mass is 10.2. The van der Waals surface area contributed by atoms with Crippen LogP contribution in [0, 0.1) is 0 Å². The highest BCUT2D eigenvalue weighted by molar-refractivity contribution is 8.00. The molecule has 1 aliphatic heterocycles. The summed E-state index contributed by atoms with van der Waals surface area (Å²) in [5.74, 6) is 1.32. The van der Waals surface area contributed by atoms with Crippen LogP contribution in [0.5, 0.6) is 0 Å². The van der Waals surface area contributed by atoms with E-state index in [4.69, 9.17) is 9.47 Å². The smallest absolute Gasteiger partial charge is 0.169 e. The molecular formula is C9H19NO2S. The number of rotatable bonds is 6. The molecule has 1 heterocycles. The lowest BCUT2D eigenvalue weighted by Gasteiger charge is -2.15. The summed E-state index contributed by atoms with van der Waals surface area (Å²) in [6.07, 6.45) is 2.61. The van der Waals surface area contributed by atoms with Gasteiger partial charge in [-0.3, -0.25) is 0 Å². The van der Waals surface area contributed by atoms with Gasteiger partial charge in [0.05, 0.1) is 0 Å². The first-order valence-corrected chi connectivity index (χ1v) is 5.79. The molecule has 0 aromatic carbocycles. The molecule has 0 bridgehead atoms. The average molecular weight is 205 g/mol. The Kier molecular flexibility index (Phi) is 5.78. The molecule has 78 valence electrons. The summed E-state index contributed by atoms with van der Waals surface area (Å²) in [7, 11) is 3.33. The van der Waals surface area contributed by atoms with Gasteiger partial charge in [0.1, 0.15) is 0 Å². The van der Waals surface area contributed by atoms with Gasteiger partial charge in [0.25, 0.3) is 0 Å². The Bertz CT molecular complexity index is 123.